The number of pyridine rings is 2. The summed E-state index contributed by atoms with van der Waals surface area (Å²) in [5.74, 6) is 0.968. The Morgan fingerprint density at radius 3 is 2.55 bits per heavy atom. The van der Waals surface area contributed by atoms with Crippen molar-refractivity contribution >= 4 is 16.8 Å². The van der Waals surface area contributed by atoms with Gasteiger partial charge >= 0.3 is 0 Å². The van der Waals surface area contributed by atoms with Gasteiger partial charge in [0.2, 0.25) is 5.88 Å². The molecule has 3 heterocycles. The molecule has 1 atom stereocenters. The van der Waals surface area contributed by atoms with Crippen molar-refractivity contribution < 1.29 is 14.6 Å². The van der Waals surface area contributed by atoms with Gasteiger partial charge in [-0.1, -0.05) is 25.1 Å². The van der Waals surface area contributed by atoms with Crippen molar-refractivity contribution in [1.29, 1.82) is 0 Å². The number of hydrogen-bond donors (Lipinski definition) is 3. The van der Waals surface area contributed by atoms with E-state index in [4.69, 9.17) is 9.72 Å². The highest BCUT2D eigenvalue weighted by Gasteiger charge is 2.44. The number of aromatic nitrogens is 3. The first-order valence-electron chi connectivity index (χ1n) is 13.2. The van der Waals surface area contributed by atoms with Crippen molar-refractivity contribution in [3.05, 3.63) is 75.5 Å². The molecule has 0 aliphatic heterocycles. The monoisotopic (exact) mass is 514 g/mol. The van der Waals surface area contributed by atoms with Gasteiger partial charge < -0.3 is 24.7 Å². The van der Waals surface area contributed by atoms with E-state index in [-0.39, 0.29) is 17.4 Å². The van der Waals surface area contributed by atoms with Crippen LogP contribution in [0.25, 0.3) is 22.0 Å². The molecular formula is C30H34N4O4. The lowest BCUT2D eigenvalue weighted by molar-refractivity contribution is 0.00857. The topological polar surface area (TPSA) is 109 Å². The molecule has 1 aliphatic carbocycles. The molecule has 1 aromatic carbocycles. The number of aromatic amines is 1. The molecule has 0 spiro atoms. The Balaban J connectivity index is 1.76. The molecule has 1 fully saturated rings. The van der Waals surface area contributed by atoms with Gasteiger partial charge in [-0.25, -0.2) is 4.98 Å². The largest absolute Gasteiger partial charge is 0.438 e. The zero-order valence-electron chi connectivity index (χ0n) is 22.5. The summed E-state index contributed by atoms with van der Waals surface area (Å²) in [5.41, 5.74) is 3.35. The van der Waals surface area contributed by atoms with Gasteiger partial charge in [0, 0.05) is 48.1 Å². The molecule has 3 N–H and O–H groups in total. The molecule has 8 nitrogen and oxygen atoms in total. The summed E-state index contributed by atoms with van der Waals surface area (Å²) >= 11 is 0. The molecule has 198 valence electrons. The second-order valence-electron chi connectivity index (χ2n) is 10.2. The molecule has 8 heteroatoms. The molecule has 0 radical (unpaired) electrons. The Morgan fingerprint density at radius 1 is 1.21 bits per heavy atom. The van der Waals surface area contributed by atoms with Gasteiger partial charge in [0.15, 0.2) is 0 Å². The number of benzene rings is 1. The molecule has 3 aromatic heterocycles. The van der Waals surface area contributed by atoms with E-state index in [1.165, 1.54) is 4.57 Å². The first kappa shape index (κ1) is 25.7. The lowest BCUT2D eigenvalue weighted by Crippen LogP contribution is -2.27. The molecule has 1 saturated carbocycles. The van der Waals surface area contributed by atoms with Gasteiger partial charge in [0.1, 0.15) is 17.0 Å². The Labute approximate surface area is 221 Å². The van der Waals surface area contributed by atoms with E-state index >= 15 is 0 Å². The molecule has 1 aliphatic rings. The van der Waals surface area contributed by atoms with Crippen molar-refractivity contribution in [2.75, 3.05) is 6.54 Å². The number of rotatable bonds is 8. The maximum atomic E-state index is 13.1. The van der Waals surface area contributed by atoms with Crippen molar-refractivity contribution in [3.8, 4) is 22.8 Å². The Bertz CT molecular complexity index is 1580. The predicted molar refractivity (Wildman–Crippen MR) is 148 cm³/mol. The van der Waals surface area contributed by atoms with E-state index in [9.17, 15) is 14.7 Å². The highest BCUT2D eigenvalue weighted by molar-refractivity contribution is 6.03. The highest BCUT2D eigenvalue weighted by atomic mass is 16.5. The molecule has 1 amide bonds. The summed E-state index contributed by atoms with van der Waals surface area (Å²) < 4.78 is 7.93. The van der Waals surface area contributed by atoms with Crippen LogP contribution in [0.1, 0.15) is 60.3 Å². The summed E-state index contributed by atoms with van der Waals surface area (Å²) in [6.45, 7) is 8.25. The molecule has 5 rings (SSSR count). The van der Waals surface area contributed by atoms with Gasteiger partial charge in [0.25, 0.3) is 11.5 Å². The summed E-state index contributed by atoms with van der Waals surface area (Å²) in [5, 5.41) is 15.0. The maximum absolute atomic E-state index is 13.1. The Morgan fingerprint density at radius 2 is 1.92 bits per heavy atom. The average Bonchev–Trinajstić information content (AvgIpc) is 3.67. The minimum absolute atomic E-state index is 0.185. The summed E-state index contributed by atoms with van der Waals surface area (Å²) in [6.07, 6.45) is 5.94. The van der Waals surface area contributed by atoms with Gasteiger partial charge in [-0.3, -0.25) is 9.59 Å². The molecule has 4 aromatic rings. The predicted octanol–water partition coefficient (Wildman–Crippen LogP) is 5.10. The first-order valence-corrected chi connectivity index (χ1v) is 13.2. The third-order valence-corrected chi connectivity index (χ3v) is 7.59. The summed E-state index contributed by atoms with van der Waals surface area (Å²) in [7, 11) is 1.67. The van der Waals surface area contributed by atoms with Crippen LogP contribution in [-0.4, -0.2) is 32.1 Å². The van der Waals surface area contributed by atoms with Gasteiger partial charge in [-0.05, 0) is 69.2 Å². The fourth-order valence-electron chi connectivity index (χ4n) is 5.24. The smallest absolute Gasteiger partial charge is 0.274 e. The Hall–Kier alpha value is -3.91. The van der Waals surface area contributed by atoms with Crippen LogP contribution in [0.5, 0.6) is 11.6 Å². The van der Waals surface area contributed by atoms with Gasteiger partial charge in [-0.15, -0.1) is 0 Å². The number of fused-ring (bicyclic) bond motifs is 1. The van der Waals surface area contributed by atoms with Crippen LogP contribution in [0.3, 0.4) is 0 Å². The lowest BCUT2D eigenvalue weighted by Gasteiger charge is -2.28. The second-order valence-corrected chi connectivity index (χ2v) is 10.2. The van der Waals surface area contributed by atoms with Crippen molar-refractivity contribution in [2.45, 2.75) is 52.6 Å². The number of hydrogen-bond acceptors (Lipinski definition) is 5. The minimum Gasteiger partial charge on any atom is -0.438 e. The number of aryl methyl sites for hydroxylation is 3. The van der Waals surface area contributed by atoms with Crippen LogP contribution in [0.4, 0.5) is 0 Å². The van der Waals surface area contributed by atoms with E-state index in [1.54, 1.807) is 25.5 Å². The Kier molecular flexibility index (Phi) is 6.61. The SMILES string of the molecule is CCNC(=O)c1cc2c(-c3cc(C(O)(CC)C4CC4)cnc3Oc3c(C)cccc3C)cn(C)c(=O)c2[nH]1. The first-order chi connectivity index (χ1) is 18.2. The van der Waals surface area contributed by atoms with Gasteiger partial charge in [0.05, 0.1) is 5.60 Å². The third kappa shape index (κ3) is 4.39. The molecule has 0 bridgehead atoms. The number of carbonyl (C=O) groups is 1. The van der Waals surface area contributed by atoms with Crippen molar-refractivity contribution in [1.82, 2.24) is 19.9 Å². The number of ether oxygens (including phenoxy) is 1. The number of nitrogens with zero attached hydrogens (tertiary/aromatic N) is 2. The number of H-pyrrole nitrogens is 1. The second kappa shape index (κ2) is 9.76. The van der Waals surface area contributed by atoms with Crippen LogP contribution >= 0.6 is 0 Å². The quantitative estimate of drug-likeness (QED) is 0.303. The molecule has 0 saturated heterocycles. The van der Waals surface area contributed by atoms with Crippen LogP contribution in [0, 0.1) is 19.8 Å². The number of aliphatic hydroxyl groups is 1. The summed E-state index contributed by atoms with van der Waals surface area (Å²) in [4.78, 5) is 33.4. The van der Waals surface area contributed by atoms with Crippen LogP contribution in [-0.2, 0) is 12.6 Å². The normalized spacial score (nSPS) is 14.9. The lowest BCUT2D eigenvalue weighted by atomic mass is 9.86. The fraction of sp³-hybridized carbons (Fsp3) is 0.367. The number of amides is 1. The fourth-order valence-corrected chi connectivity index (χ4v) is 5.24. The van der Waals surface area contributed by atoms with E-state index in [2.05, 4.69) is 10.3 Å². The van der Waals surface area contributed by atoms with Crippen LogP contribution in [0.2, 0.25) is 0 Å². The average molecular weight is 515 g/mol. The number of carbonyl (C=O) groups excluding carboxylic acids is 1. The van der Waals surface area contributed by atoms with E-state index in [1.807, 2.05) is 52.0 Å². The van der Waals surface area contributed by atoms with Gasteiger partial charge in [-0.2, -0.15) is 0 Å². The minimum atomic E-state index is -0.997. The van der Waals surface area contributed by atoms with Crippen LogP contribution in [0.15, 0.2) is 47.5 Å². The zero-order chi connectivity index (χ0) is 27.2. The molecule has 1 unspecified atom stereocenters. The van der Waals surface area contributed by atoms with E-state index in [0.717, 1.165) is 24.0 Å². The van der Waals surface area contributed by atoms with E-state index < -0.39 is 5.60 Å². The van der Waals surface area contributed by atoms with Crippen LogP contribution < -0.4 is 15.6 Å². The zero-order valence-corrected chi connectivity index (χ0v) is 22.5. The van der Waals surface area contributed by atoms with Crippen molar-refractivity contribution in [2.24, 2.45) is 13.0 Å². The van der Waals surface area contributed by atoms with Crippen molar-refractivity contribution in [3.63, 3.8) is 0 Å². The number of para-hydroxylation sites is 1. The molecule has 38 heavy (non-hydrogen) atoms. The standard InChI is InChI=1S/C30H34N4O4/c1-6-30(37,19-11-12-19)20-13-22(28(32-15-20)38-26-17(3)9-8-10-18(26)4)23-16-34(5)29(36)25-21(23)14-24(33-25)27(35)31-7-2/h8-10,13-16,19,33,37H,6-7,11-12H2,1-5H3,(H,31,35). The number of nitrogens with one attached hydrogen (secondary N) is 2. The highest BCUT2D eigenvalue weighted by Crippen LogP contribution is 2.49. The maximum Gasteiger partial charge on any atom is 0.274 e. The molecular weight excluding hydrogens is 480 g/mol. The summed E-state index contributed by atoms with van der Waals surface area (Å²) in [6, 6.07) is 9.56. The van der Waals surface area contributed by atoms with E-state index in [0.29, 0.717) is 57.9 Å². The third-order valence-electron chi connectivity index (χ3n) is 7.59.